The fraction of sp³-hybridized carbons (Fsp3) is 0.538. The molecule has 0 amide bonds. The van der Waals surface area contributed by atoms with Crippen molar-refractivity contribution in [1.82, 2.24) is 0 Å². The second-order valence-corrected chi connectivity index (χ2v) is 5.41. The Bertz CT molecular complexity index is 396. The molecule has 3 heteroatoms. The van der Waals surface area contributed by atoms with Gasteiger partial charge in [-0.3, -0.25) is 0 Å². The fourth-order valence-corrected chi connectivity index (χ4v) is 2.61. The highest BCUT2D eigenvalue weighted by molar-refractivity contribution is 5.77. The number of hydrogen-bond donors (Lipinski definition) is 2. The molecular weight excluding hydrogens is 198 g/mol. The van der Waals surface area contributed by atoms with Gasteiger partial charge in [0.1, 0.15) is 0 Å². The molecule has 0 fully saturated rings. The first-order valence-corrected chi connectivity index (χ1v) is 5.84. The summed E-state index contributed by atoms with van der Waals surface area (Å²) < 4.78 is 0. The molecule has 1 heterocycles. The standard InChI is InChI=1S/C13H21N3/c1-9(2)16-12-6-5-10(14)7-11(12)15-8-13(16,3)4/h5-7,9,15H,8,14H2,1-4H3. The van der Waals surface area contributed by atoms with Gasteiger partial charge in [-0.2, -0.15) is 0 Å². The normalized spacial score (nSPS) is 18.2. The largest absolute Gasteiger partial charge is 0.399 e. The van der Waals surface area contributed by atoms with E-state index in [2.05, 4.69) is 44.0 Å². The van der Waals surface area contributed by atoms with Crippen LogP contribution in [-0.4, -0.2) is 18.1 Å². The van der Waals surface area contributed by atoms with E-state index in [9.17, 15) is 0 Å². The number of nitrogens with zero attached hydrogens (tertiary/aromatic N) is 1. The van der Waals surface area contributed by atoms with Crippen molar-refractivity contribution in [3.8, 4) is 0 Å². The van der Waals surface area contributed by atoms with Gasteiger partial charge in [-0.25, -0.2) is 0 Å². The van der Waals surface area contributed by atoms with Gasteiger partial charge in [-0.05, 0) is 45.9 Å². The first-order valence-electron chi connectivity index (χ1n) is 5.84. The average Bonchev–Trinajstić information content (AvgIpc) is 2.16. The minimum absolute atomic E-state index is 0.136. The van der Waals surface area contributed by atoms with Crippen molar-refractivity contribution in [3.63, 3.8) is 0 Å². The summed E-state index contributed by atoms with van der Waals surface area (Å²) in [7, 11) is 0. The van der Waals surface area contributed by atoms with Crippen LogP contribution in [0.1, 0.15) is 27.7 Å². The molecule has 2 rings (SSSR count). The molecule has 0 aliphatic carbocycles. The van der Waals surface area contributed by atoms with Gasteiger partial charge in [0.2, 0.25) is 0 Å². The quantitative estimate of drug-likeness (QED) is 0.713. The van der Waals surface area contributed by atoms with Crippen molar-refractivity contribution >= 4 is 17.1 Å². The number of hydrogen-bond acceptors (Lipinski definition) is 3. The van der Waals surface area contributed by atoms with Crippen LogP contribution < -0.4 is 16.0 Å². The van der Waals surface area contributed by atoms with Crippen LogP contribution >= 0.6 is 0 Å². The van der Waals surface area contributed by atoms with Gasteiger partial charge in [0.25, 0.3) is 0 Å². The summed E-state index contributed by atoms with van der Waals surface area (Å²) in [6, 6.07) is 6.58. The predicted molar refractivity (Wildman–Crippen MR) is 71.0 cm³/mol. The van der Waals surface area contributed by atoms with Gasteiger partial charge in [-0.15, -0.1) is 0 Å². The Hall–Kier alpha value is -1.38. The average molecular weight is 219 g/mol. The zero-order valence-electron chi connectivity index (χ0n) is 10.5. The molecule has 1 aliphatic rings. The zero-order chi connectivity index (χ0) is 11.9. The van der Waals surface area contributed by atoms with Crippen LogP contribution in [0.2, 0.25) is 0 Å². The first-order chi connectivity index (χ1) is 7.42. The Labute approximate surface area is 97.6 Å². The summed E-state index contributed by atoms with van der Waals surface area (Å²) in [4.78, 5) is 2.46. The molecule has 3 N–H and O–H groups in total. The fourth-order valence-electron chi connectivity index (χ4n) is 2.61. The predicted octanol–water partition coefficient (Wildman–Crippen LogP) is 2.69. The molecule has 0 radical (unpaired) electrons. The van der Waals surface area contributed by atoms with Crippen LogP contribution in [0.25, 0.3) is 0 Å². The molecule has 3 nitrogen and oxygen atoms in total. The van der Waals surface area contributed by atoms with Gasteiger partial charge in [-0.1, -0.05) is 0 Å². The summed E-state index contributed by atoms with van der Waals surface area (Å²) in [6.45, 7) is 9.93. The van der Waals surface area contributed by atoms with E-state index in [0.29, 0.717) is 6.04 Å². The van der Waals surface area contributed by atoms with Crippen molar-refractivity contribution in [3.05, 3.63) is 18.2 Å². The molecule has 1 aromatic rings. The Kier molecular flexibility index (Phi) is 2.49. The first kappa shape index (κ1) is 11.1. The highest BCUT2D eigenvalue weighted by Gasteiger charge is 2.34. The highest BCUT2D eigenvalue weighted by atomic mass is 15.3. The molecule has 0 saturated carbocycles. The third kappa shape index (κ3) is 1.70. The molecule has 0 aromatic heterocycles. The monoisotopic (exact) mass is 219 g/mol. The smallest absolute Gasteiger partial charge is 0.0610 e. The number of nitrogens with one attached hydrogen (secondary N) is 1. The Morgan fingerprint density at radius 2 is 2.06 bits per heavy atom. The maximum absolute atomic E-state index is 5.81. The molecule has 0 spiro atoms. The number of nitrogens with two attached hydrogens (primary N) is 1. The van der Waals surface area contributed by atoms with E-state index in [-0.39, 0.29) is 5.54 Å². The van der Waals surface area contributed by atoms with Crippen LogP contribution in [-0.2, 0) is 0 Å². The molecule has 1 aliphatic heterocycles. The number of rotatable bonds is 1. The summed E-state index contributed by atoms with van der Waals surface area (Å²) >= 11 is 0. The van der Waals surface area contributed by atoms with Crippen LogP contribution in [0.4, 0.5) is 17.1 Å². The van der Waals surface area contributed by atoms with Crippen LogP contribution in [0, 0.1) is 0 Å². The second-order valence-electron chi connectivity index (χ2n) is 5.41. The Morgan fingerprint density at radius 1 is 1.38 bits per heavy atom. The lowest BCUT2D eigenvalue weighted by atomic mass is 9.95. The van der Waals surface area contributed by atoms with Crippen molar-refractivity contribution in [2.45, 2.75) is 39.3 Å². The minimum Gasteiger partial charge on any atom is -0.399 e. The molecule has 16 heavy (non-hydrogen) atoms. The van der Waals surface area contributed by atoms with E-state index < -0.39 is 0 Å². The number of fused-ring (bicyclic) bond motifs is 1. The summed E-state index contributed by atoms with van der Waals surface area (Å²) in [5.74, 6) is 0. The Balaban J connectivity index is 2.50. The van der Waals surface area contributed by atoms with Crippen molar-refractivity contribution in [2.24, 2.45) is 0 Å². The van der Waals surface area contributed by atoms with E-state index in [1.165, 1.54) is 5.69 Å². The van der Waals surface area contributed by atoms with Crippen LogP contribution in [0.5, 0.6) is 0 Å². The summed E-state index contributed by atoms with van der Waals surface area (Å²) in [6.07, 6.45) is 0. The third-order valence-electron chi connectivity index (χ3n) is 3.16. The van der Waals surface area contributed by atoms with Gasteiger partial charge in [0.15, 0.2) is 0 Å². The number of benzene rings is 1. The zero-order valence-corrected chi connectivity index (χ0v) is 10.5. The molecule has 1 aromatic carbocycles. The van der Waals surface area contributed by atoms with Crippen molar-refractivity contribution in [1.29, 1.82) is 0 Å². The van der Waals surface area contributed by atoms with Crippen molar-refractivity contribution in [2.75, 3.05) is 22.5 Å². The van der Waals surface area contributed by atoms with Gasteiger partial charge < -0.3 is 16.0 Å². The van der Waals surface area contributed by atoms with E-state index in [0.717, 1.165) is 17.9 Å². The van der Waals surface area contributed by atoms with E-state index in [1.54, 1.807) is 0 Å². The molecule has 0 unspecified atom stereocenters. The van der Waals surface area contributed by atoms with Gasteiger partial charge in [0, 0.05) is 18.3 Å². The minimum atomic E-state index is 0.136. The SMILES string of the molecule is CC(C)N1c2ccc(N)cc2NCC1(C)C. The molecule has 0 bridgehead atoms. The summed E-state index contributed by atoms with van der Waals surface area (Å²) in [5, 5.41) is 3.46. The Morgan fingerprint density at radius 3 is 2.69 bits per heavy atom. The van der Waals surface area contributed by atoms with Gasteiger partial charge in [0.05, 0.1) is 16.9 Å². The maximum atomic E-state index is 5.81. The lowest BCUT2D eigenvalue weighted by Gasteiger charge is -2.48. The number of nitrogen functional groups attached to an aromatic ring is 1. The molecule has 0 atom stereocenters. The van der Waals surface area contributed by atoms with Gasteiger partial charge >= 0.3 is 0 Å². The highest BCUT2D eigenvalue weighted by Crippen LogP contribution is 2.38. The molecule has 88 valence electrons. The second kappa shape index (κ2) is 3.58. The lowest BCUT2D eigenvalue weighted by molar-refractivity contribution is 0.439. The lowest BCUT2D eigenvalue weighted by Crippen LogP contribution is -2.55. The van der Waals surface area contributed by atoms with E-state index >= 15 is 0 Å². The number of anilines is 3. The van der Waals surface area contributed by atoms with E-state index in [4.69, 9.17) is 5.73 Å². The van der Waals surface area contributed by atoms with E-state index in [1.807, 2.05) is 12.1 Å². The summed E-state index contributed by atoms with van der Waals surface area (Å²) in [5.41, 5.74) is 9.16. The van der Waals surface area contributed by atoms with Crippen molar-refractivity contribution < 1.29 is 0 Å². The third-order valence-corrected chi connectivity index (χ3v) is 3.16. The maximum Gasteiger partial charge on any atom is 0.0610 e. The topological polar surface area (TPSA) is 41.3 Å². The molecular formula is C13H21N3. The van der Waals surface area contributed by atoms with Crippen LogP contribution in [0.3, 0.4) is 0 Å². The molecule has 0 saturated heterocycles. The van der Waals surface area contributed by atoms with Crippen LogP contribution in [0.15, 0.2) is 18.2 Å².